The third-order valence-electron chi connectivity index (χ3n) is 3.67. The molecule has 0 aromatic heterocycles. The molecule has 19 heavy (non-hydrogen) atoms. The van der Waals surface area contributed by atoms with Crippen LogP contribution in [0.4, 0.5) is 4.79 Å². The lowest BCUT2D eigenvalue weighted by molar-refractivity contribution is -0.169. The highest BCUT2D eigenvalue weighted by molar-refractivity contribution is 5.66. The Balaban J connectivity index is 2.28. The lowest BCUT2D eigenvalue weighted by atomic mass is 10.0. The second kappa shape index (κ2) is 4.33. The molecule has 1 amide bonds. The Bertz CT molecular complexity index is 376. The third kappa shape index (κ3) is 2.57. The molecule has 110 valence electrons. The zero-order chi connectivity index (χ0) is 14.6. The van der Waals surface area contributed by atoms with Gasteiger partial charge in [-0.1, -0.05) is 0 Å². The Labute approximate surface area is 113 Å². The van der Waals surface area contributed by atoms with Crippen molar-refractivity contribution in [2.45, 2.75) is 76.7 Å². The van der Waals surface area contributed by atoms with Crippen molar-refractivity contribution in [3.63, 3.8) is 0 Å². The SMILES string of the molecule is CC1(C)OC2C(O)CC(N(C(=O)O)C(C)(C)C)C2O1. The number of rotatable bonds is 1. The van der Waals surface area contributed by atoms with Gasteiger partial charge in [0.15, 0.2) is 5.79 Å². The Morgan fingerprint density at radius 2 is 1.79 bits per heavy atom. The molecule has 1 heterocycles. The summed E-state index contributed by atoms with van der Waals surface area (Å²) in [7, 11) is 0. The van der Waals surface area contributed by atoms with Crippen LogP contribution in [0.3, 0.4) is 0 Å². The van der Waals surface area contributed by atoms with Gasteiger partial charge in [0, 0.05) is 5.54 Å². The zero-order valence-corrected chi connectivity index (χ0v) is 12.1. The molecule has 2 rings (SSSR count). The predicted molar refractivity (Wildman–Crippen MR) is 67.9 cm³/mol. The number of carboxylic acid groups (broad SMARTS) is 1. The van der Waals surface area contributed by atoms with Gasteiger partial charge in [-0.05, 0) is 41.0 Å². The van der Waals surface area contributed by atoms with E-state index in [1.165, 1.54) is 4.90 Å². The Morgan fingerprint density at radius 3 is 2.26 bits per heavy atom. The van der Waals surface area contributed by atoms with Crippen LogP contribution in [-0.2, 0) is 9.47 Å². The molecule has 6 nitrogen and oxygen atoms in total. The van der Waals surface area contributed by atoms with Crippen LogP contribution >= 0.6 is 0 Å². The van der Waals surface area contributed by atoms with Crippen molar-refractivity contribution >= 4 is 6.09 Å². The number of aliphatic hydroxyl groups excluding tert-OH is 1. The first-order valence-electron chi connectivity index (χ1n) is 6.59. The summed E-state index contributed by atoms with van der Waals surface area (Å²) in [6.45, 7) is 9.06. The summed E-state index contributed by atoms with van der Waals surface area (Å²) in [5.41, 5.74) is -0.554. The molecule has 4 unspecified atom stereocenters. The molecular formula is C13H23NO5. The van der Waals surface area contributed by atoms with Gasteiger partial charge in [0.25, 0.3) is 0 Å². The van der Waals surface area contributed by atoms with E-state index in [0.29, 0.717) is 6.42 Å². The fourth-order valence-electron chi connectivity index (χ4n) is 3.11. The van der Waals surface area contributed by atoms with Crippen molar-refractivity contribution in [3.05, 3.63) is 0 Å². The van der Waals surface area contributed by atoms with Gasteiger partial charge >= 0.3 is 6.09 Å². The van der Waals surface area contributed by atoms with E-state index in [2.05, 4.69) is 0 Å². The van der Waals surface area contributed by atoms with E-state index in [4.69, 9.17) is 9.47 Å². The Hall–Kier alpha value is -0.850. The summed E-state index contributed by atoms with van der Waals surface area (Å²) in [5, 5.41) is 19.5. The van der Waals surface area contributed by atoms with Crippen LogP contribution in [0.15, 0.2) is 0 Å². The van der Waals surface area contributed by atoms with E-state index in [1.807, 2.05) is 20.8 Å². The monoisotopic (exact) mass is 273 g/mol. The van der Waals surface area contributed by atoms with Gasteiger partial charge in [-0.15, -0.1) is 0 Å². The van der Waals surface area contributed by atoms with Gasteiger partial charge < -0.3 is 19.7 Å². The second-order valence-electron chi connectivity index (χ2n) is 6.76. The standard InChI is InChI=1S/C13H23NO5/c1-12(2,3)14(11(16)17)7-6-8(15)10-9(7)18-13(4,5)19-10/h7-10,15H,6H2,1-5H3,(H,16,17). The smallest absolute Gasteiger partial charge is 0.408 e. The maximum Gasteiger partial charge on any atom is 0.408 e. The van der Waals surface area contributed by atoms with Crippen molar-refractivity contribution in [2.24, 2.45) is 0 Å². The summed E-state index contributed by atoms with van der Waals surface area (Å²) in [6, 6.07) is -0.390. The molecule has 0 aromatic rings. The molecule has 1 aliphatic carbocycles. The fraction of sp³-hybridized carbons (Fsp3) is 0.923. The Morgan fingerprint density at radius 1 is 1.26 bits per heavy atom. The quantitative estimate of drug-likeness (QED) is 0.755. The lowest BCUT2D eigenvalue weighted by Gasteiger charge is -2.40. The largest absolute Gasteiger partial charge is 0.465 e. The third-order valence-corrected chi connectivity index (χ3v) is 3.67. The lowest BCUT2D eigenvalue weighted by Crippen LogP contribution is -2.54. The molecule has 1 saturated heterocycles. The van der Waals surface area contributed by atoms with Gasteiger partial charge in [0.2, 0.25) is 0 Å². The van der Waals surface area contributed by atoms with Crippen molar-refractivity contribution in [1.82, 2.24) is 4.90 Å². The summed E-state index contributed by atoms with van der Waals surface area (Å²) >= 11 is 0. The number of hydrogen-bond acceptors (Lipinski definition) is 4. The summed E-state index contributed by atoms with van der Waals surface area (Å²) in [4.78, 5) is 12.9. The van der Waals surface area contributed by atoms with E-state index in [1.54, 1.807) is 13.8 Å². The molecule has 2 N–H and O–H groups in total. The van der Waals surface area contributed by atoms with Crippen LogP contribution in [0.5, 0.6) is 0 Å². The van der Waals surface area contributed by atoms with Crippen molar-refractivity contribution in [1.29, 1.82) is 0 Å². The summed E-state index contributed by atoms with van der Waals surface area (Å²) in [5.74, 6) is -0.781. The second-order valence-corrected chi connectivity index (χ2v) is 6.76. The molecule has 1 saturated carbocycles. The number of aliphatic hydroxyl groups is 1. The minimum Gasteiger partial charge on any atom is -0.465 e. The van der Waals surface area contributed by atoms with Gasteiger partial charge in [-0.25, -0.2) is 4.79 Å². The maximum atomic E-state index is 11.5. The van der Waals surface area contributed by atoms with Gasteiger partial charge in [0.05, 0.1) is 12.1 Å². The molecule has 0 bridgehead atoms. The van der Waals surface area contributed by atoms with E-state index < -0.39 is 35.7 Å². The molecule has 0 radical (unpaired) electrons. The fourth-order valence-corrected chi connectivity index (χ4v) is 3.11. The number of fused-ring (bicyclic) bond motifs is 1. The molecule has 2 fully saturated rings. The molecule has 4 atom stereocenters. The van der Waals surface area contributed by atoms with Gasteiger partial charge in [-0.3, -0.25) is 4.90 Å². The molecule has 1 aliphatic heterocycles. The maximum absolute atomic E-state index is 11.5. The number of carbonyl (C=O) groups is 1. The number of amides is 1. The van der Waals surface area contributed by atoms with E-state index in [-0.39, 0.29) is 6.04 Å². The normalized spacial score (nSPS) is 37.2. The van der Waals surface area contributed by atoms with E-state index in [9.17, 15) is 15.0 Å². The van der Waals surface area contributed by atoms with Gasteiger partial charge in [-0.2, -0.15) is 0 Å². The molecule has 0 spiro atoms. The van der Waals surface area contributed by atoms with Crippen molar-refractivity contribution in [3.8, 4) is 0 Å². The highest BCUT2D eigenvalue weighted by atomic mass is 16.8. The summed E-state index contributed by atoms with van der Waals surface area (Å²) < 4.78 is 11.5. The molecule has 0 aromatic carbocycles. The summed E-state index contributed by atoms with van der Waals surface area (Å²) in [6.07, 6.45) is -2.22. The zero-order valence-electron chi connectivity index (χ0n) is 12.1. The van der Waals surface area contributed by atoms with Crippen molar-refractivity contribution in [2.75, 3.05) is 0 Å². The minimum absolute atomic E-state index is 0.342. The first kappa shape index (κ1) is 14.6. The number of ether oxygens (including phenoxy) is 2. The predicted octanol–water partition coefficient (Wildman–Crippen LogP) is 1.42. The average molecular weight is 273 g/mol. The number of hydrogen-bond donors (Lipinski definition) is 2. The van der Waals surface area contributed by atoms with Crippen LogP contribution in [0, 0.1) is 0 Å². The average Bonchev–Trinajstić information content (AvgIpc) is 2.61. The van der Waals surface area contributed by atoms with Crippen LogP contribution in [0.25, 0.3) is 0 Å². The molecule has 6 heteroatoms. The minimum atomic E-state index is -1.00. The van der Waals surface area contributed by atoms with Crippen LogP contribution < -0.4 is 0 Å². The molecule has 2 aliphatic rings. The topological polar surface area (TPSA) is 79.2 Å². The number of nitrogens with zero attached hydrogens (tertiary/aromatic N) is 1. The highest BCUT2D eigenvalue weighted by Crippen LogP contribution is 2.41. The molecular weight excluding hydrogens is 250 g/mol. The highest BCUT2D eigenvalue weighted by Gasteiger charge is 2.57. The van der Waals surface area contributed by atoms with E-state index in [0.717, 1.165) is 0 Å². The van der Waals surface area contributed by atoms with Gasteiger partial charge in [0.1, 0.15) is 12.2 Å². The first-order chi connectivity index (χ1) is 8.53. The van der Waals surface area contributed by atoms with Crippen LogP contribution in [-0.4, -0.2) is 56.9 Å². The van der Waals surface area contributed by atoms with Crippen molar-refractivity contribution < 1.29 is 24.5 Å². The van der Waals surface area contributed by atoms with Crippen LogP contribution in [0.2, 0.25) is 0 Å². The van der Waals surface area contributed by atoms with Crippen LogP contribution in [0.1, 0.15) is 41.0 Å². The Kier molecular flexibility index (Phi) is 3.32. The van der Waals surface area contributed by atoms with E-state index >= 15 is 0 Å². The first-order valence-corrected chi connectivity index (χ1v) is 6.59.